The van der Waals surface area contributed by atoms with Crippen LogP contribution in [0.3, 0.4) is 0 Å². The first-order valence-corrected chi connectivity index (χ1v) is 5.17. The van der Waals surface area contributed by atoms with Gasteiger partial charge >= 0.3 is 0 Å². The van der Waals surface area contributed by atoms with Crippen molar-refractivity contribution in [3.63, 3.8) is 0 Å². The zero-order valence-electron chi connectivity index (χ0n) is 10.3. The lowest BCUT2D eigenvalue weighted by Gasteiger charge is -2.24. The van der Waals surface area contributed by atoms with Gasteiger partial charge in [-0.3, -0.25) is 4.79 Å². The molecule has 0 radical (unpaired) electrons. The number of methoxy groups -OCH3 is 3. The van der Waals surface area contributed by atoms with Gasteiger partial charge in [0.15, 0.2) is 0 Å². The highest BCUT2D eigenvalue weighted by Crippen LogP contribution is 2.43. The lowest BCUT2D eigenvalue weighted by Crippen LogP contribution is -2.41. The fraction of sp³-hybridized carbons (Fsp3) is 0.417. The lowest BCUT2D eigenvalue weighted by atomic mass is 10.1. The number of likely N-dealkylation sites (N-methyl/N-ethyl adjacent to an activating group) is 1. The molecule has 0 saturated heterocycles. The summed E-state index contributed by atoms with van der Waals surface area (Å²) >= 11 is 0. The van der Waals surface area contributed by atoms with Gasteiger partial charge in [-0.25, -0.2) is 0 Å². The molecule has 0 aromatic heterocycles. The predicted molar refractivity (Wildman–Crippen MR) is 62.1 cm³/mol. The Hall–Kier alpha value is -1.59. The fourth-order valence-corrected chi connectivity index (χ4v) is 2.12. The van der Waals surface area contributed by atoms with E-state index in [1.165, 1.54) is 19.1 Å². The monoisotopic (exact) mass is 237 g/mol. The van der Waals surface area contributed by atoms with Crippen molar-refractivity contribution in [2.45, 2.75) is 5.79 Å². The highest BCUT2D eigenvalue weighted by atomic mass is 16.7. The number of carbonyl (C=O) groups excluding carboxylic acids is 1. The summed E-state index contributed by atoms with van der Waals surface area (Å²) in [4.78, 5) is 13.7. The van der Waals surface area contributed by atoms with E-state index in [0.29, 0.717) is 11.3 Å². The highest BCUT2D eigenvalue weighted by Gasteiger charge is 2.51. The van der Waals surface area contributed by atoms with Crippen LogP contribution in [-0.2, 0) is 20.1 Å². The highest BCUT2D eigenvalue weighted by molar-refractivity contribution is 6.05. The van der Waals surface area contributed by atoms with Crippen LogP contribution in [0.1, 0.15) is 5.56 Å². The number of rotatable bonds is 3. The molecular weight excluding hydrogens is 222 g/mol. The van der Waals surface area contributed by atoms with Crippen LogP contribution in [-0.4, -0.2) is 34.3 Å². The Bertz CT molecular complexity index is 454. The van der Waals surface area contributed by atoms with Crippen LogP contribution in [0.15, 0.2) is 18.2 Å². The number of amides is 1. The lowest BCUT2D eigenvalue weighted by molar-refractivity contribution is -0.209. The van der Waals surface area contributed by atoms with Crippen LogP contribution in [0, 0.1) is 0 Å². The molecule has 2 rings (SSSR count). The summed E-state index contributed by atoms with van der Waals surface area (Å²) in [7, 11) is 6.16. The van der Waals surface area contributed by atoms with Gasteiger partial charge in [0, 0.05) is 26.8 Å². The Morgan fingerprint density at radius 2 is 1.82 bits per heavy atom. The van der Waals surface area contributed by atoms with Crippen LogP contribution in [0.2, 0.25) is 0 Å². The molecule has 1 aliphatic heterocycles. The average molecular weight is 237 g/mol. The molecule has 0 N–H and O–H groups in total. The van der Waals surface area contributed by atoms with Crippen molar-refractivity contribution < 1.29 is 19.0 Å². The molecule has 5 heteroatoms. The third kappa shape index (κ3) is 1.43. The van der Waals surface area contributed by atoms with Crippen LogP contribution in [0.25, 0.3) is 0 Å². The number of nitrogens with zero attached hydrogens (tertiary/aromatic N) is 1. The Balaban J connectivity index is 2.64. The molecule has 0 fully saturated rings. The van der Waals surface area contributed by atoms with Crippen molar-refractivity contribution in [1.82, 2.24) is 0 Å². The molecule has 17 heavy (non-hydrogen) atoms. The first kappa shape index (κ1) is 11.9. The largest absolute Gasteiger partial charge is 0.497 e. The van der Waals surface area contributed by atoms with Crippen LogP contribution < -0.4 is 9.64 Å². The third-order valence-electron chi connectivity index (χ3n) is 3.08. The van der Waals surface area contributed by atoms with Crippen molar-refractivity contribution in [2.24, 2.45) is 0 Å². The molecular formula is C12H15NO4. The molecule has 0 spiro atoms. The number of hydrogen-bond donors (Lipinski definition) is 0. The van der Waals surface area contributed by atoms with Crippen molar-refractivity contribution in [1.29, 1.82) is 0 Å². The molecule has 0 bridgehead atoms. The Kier molecular flexibility index (Phi) is 2.81. The normalized spacial score (nSPS) is 17.2. The van der Waals surface area contributed by atoms with Crippen molar-refractivity contribution in [3.05, 3.63) is 23.8 Å². The van der Waals surface area contributed by atoms with Gasteiger partial charge in [-0.2, -0.15) is 0 Å². The predicted octanol–water partition coefficient (Wildman–Crippen LogP) is 1.12. The summed E-state index contributed by atoms with van der Waals surface area (Å²) in [6.45, 7) is 0. The molecule has 1 aliphatic rings. The first-order chi connectivity index (χ1) is 8.10. The second kappa shape index (κ2) is 4.01. The standard InChI is InChI=1S/C12H15NO4/c1-13-10-6-5-8(15-2)7-9(10)12(16-3,17-4)11(13)14/h5-7H,1-4H3. The van der Waals surface area contributed by atoms with E-state index in [1.54, 1.807) is 26.3 Å². The molecule has 1 heterocycles. The van der Waals surface area contributed by atoms with Crippen LogP contribution >= 0.6 is 0 Å². The van der Waals surface area contributed by atoms with Gasteiger partial charge in [-0.15, -0.1) is 0 Å². The zero-order chi connectivity index (χ0) is 12.6. The minimum absolute atomic E-state index is 0.245. The van der Waals surface area contributed by atoms with Crippen LogP contribution in [0.5, 0.6) is 5.75 Å². The van der Waals surface area contributed by atoms with Crippen molar-refractivity contribution in [3.8, 4) is 5.75 Å². The molecule has 0 saturated carbocycles. The van der Waals surface area contributed by atoms with Gasteiger partial charge in [-0.1, -0.05) is 0 Å². The second-order valence-electron chi connectivity index (χ2n) is 3.77. The Morgan fingerprint density at radius 3 is 2.35 bits per heavy atom. The summed E-state index contributed by atoms with van der Waals surface area (Å²) in [5, 5.41) is 0. The average Bonchev–Trinajstić information content (AvgIpc) is 2.59. The Morgan fingerprint density at radius 1 is 1.18 bits per heavy atom. The van der Waals surface area contributed by atoms with E-state index in [4.69, 9.17) is 14.2 Å². The summed E-state index contributed by atoms with van der Waals surface area (Å²) < 4.78 is 15.7. The first-order valence-electron chi connectivity index (χ1n) is 5.17. The van der Waals surface area contributed by atoms with E-state index in [-0.39, 0.29) is 5.91 Å². The van der Waals surface area contributed by atoms with E-state index in [9.17, 15) is 4.79 Å². The number of ether oxygens (including phenoxy) is 3. The molecule has 1 amide bonds. The molecule has 5 nitrogen and oxygen atoms in total. The molecule has 1 aromatic carbocycles. The minimum Gasteiger partial charge on any atom is -0.497 e. The number of benzene rings is 1. The van der Waals surface area contributed by atoms with E-state index in [1.807, 2.05) is 6.07 Å². The van der Waals surface area contributed by atoms with Crippen molar-refractivity contribution >= 4 is 11.6 Å². The third-order valence-corrected chi connectivity index (χ3v) is 3.08. The van der Waals surface area contributed by atoms with Gasteiger partial charge < -0.3 is 19.1 Å². The van der Waals surface area contributed by atoms with Gasteiger partial charge in [-0.05, 0) is 18.2 Å². The Labute approximate surface area is 99.9 Å². The number of fused-ring (bicyclic) bond motifs is 1. The molecule has 1 aromatic rings. The smallest absolute Gasteiger partial charge is 0.292 e. The van der Waals surface area contributed by atoms with Gasteiger partial charge in [0.2, 0.25) is 0 Å². The summed E-state index contributed by atoms with van der Waals surface area (Å²) in [5.74, 6) is -0.949. The van der Waals surface area contributed by atoms with Gasteiger partial charge in [0.05, 0.1) is 12.8 Å². The molecule has 92 valence electrons. The molecule has 0 aliphatic carbocycles. The number of carbonyl (C=O) groups is 1. The van der Waals surface area contributed by atoms with Crippen molar-refractivity contribution in [2.75, 3.05) is 33.3 Å². The van der Waals surface area contributed by atoms with E-state index in [2.05, 4.69) is 0 Å². The quantitative estimate of drug-likeness (QED) is 0.739. The molecule has 0 atom stereocenters. The maximum Gasteiger partial charge on any atom is 0.292 e. The van der Waals surface area contributed by atoms with E-state index < -0.39 is 5.79 Å². The number of hydrogen-bond acceptors (Lipinski definition) is 4. The summed E-state index contributed by atoms with van der Waals surface area (Å²) in [5.41, 5.74) is 1.42. The summed E-state index contributed by atoms with van der Waals surface area (Å²) in [6, 6.07) is 5.36. The zero-order valence-corrected chi connectivity index (χ0v) is 10.3. The topological polar surface area (TPSA) is 48.0 Å². The van der Waals surface area contributed by atoms with Gasteiger partial charge in [0.1, 0.15) is 5.75 Å². The summed E-state index contributed by atoms with van der Waals surface area (Å²) in [6.07, 6.45) is 0. The molecule has 0 unspecified atom stereocenters. The SMILES string of the molecule is COc1ccc2c(c1)C(OC)(OC)C(=O)N2C. The maximum absolute atomic E-state index is 12.2. The number of anilines is 1. The van der Waals surface area contributed by atoms with Gasteiger partial charge in [0.25, 0.3) is 11.7 Å². The minimum atomic E-state index is -1.36. The van der Waals surface area contributed by atoms with E-state index in [0.717, 1.165) is 5.69 Å². The second-order valence-corrected chi connectivity index (χ2v) is 3.77. The fourth-order valence-electron chi connectivity index (χ4n) is 2.12. The van der Waals surface area contributed by atoms with Crippen LogP contribution in [0.4, 0.5) is 5.69 Å². The maximum atomic E-state index is 12.2. The van der Waals surface area contributed by atoms with E-state index >= 15 is 0 Å².